The highest BCUT2D eigenvalue weighted by molar-refractivity contribution is 5.64. The van der Waals surface area contributed by atoms with Crippen LogP contribution in [-0.2, 0) is 20.0 Å². The van der Waals surface area contributed by atoms with Crippen molar-refractivity contribution in [1.29, 1.82) is 5.26 Å². The van der Waals surface area contributed by atoms with E-state index in [0.717, 1.165) is 6.07 Å². The minimum atomic E-state index is -0.987. The van der Waals surface area contributed by atoms with E-state index in [1.807, 2.05) is 0 Å². The number of nitrogens with two attached hydrogens (primary N) is 1. The van der Waals surface area contributed by atoms with Gasteiger partial charge >= 0.3 is 0 Å². The first-order chi connectivity index (χ1) is 7.19. The number of benzene rings is 1. The van der Waals surface area contributed by atoms with E-state index in [0.29, 0.717) is 0 Å². The maximum atomic E-state index is 12.6. The largest absolute Gasteiger partial charge is 0.397 e. The van der Waals surface area contributed by atoms with Crippen LogP contribution < -0.4 is 5.73 Å². The van der Waals surface area contributed by atoms with E-state index in [2.05, 4.69) is 0 Å². The zero-order chi connectivity index (χ0) is 11.4. The number of anilines is 1. The van der Waals surface area contributed by atoms with Crippen LogP contribution in [0.4, 0.5) is 18.9 Å². The van der Waals surface area contributed by atoms with Crippen molar-refractivity contribution >= 4 is 5.69 Å². The molecule has 15 heavy (non-hydrogen) atoms. The summed E-state index contributed by atoms with van der Waals surface area (Å²) in [7, 11) is 0. The number of hydrogen-bond acceptors (Lipinski definition) is 2. The Morgan fingerprint density at radius 3 is 2.13 bits per heavy atom. The van der Waals surface area contributed by atoms with Gasteiger partial charge in [-0.2, -0.15) is 5.26 Å². The molecule has 0 bridgehead atoms. The lowest BCUT2D eigenvalue weighted by Gasteiger charge is -2.11. The quantitative estimate of drug-likeness (QED) is 0.786. The fourth-order valence-corrected chi connectivity index (χ4v) is 1.37. The Labute approximate surface area is 85.1 Å². The van der Waals surface area contributed by atoms with Crippen molar-refractivity contribution in [2.24, 2.45) is 0 Å². The summed E-state index contributed by atoms with van der Waals surface area (Å²) in [5, 5.41) is 8.73. The lowest BCUT2D eigenvalue weighted by Crippen LogP contribution is -2.04. The lowest BCUT2D eigenvalue weighted by molar-refractivity contribution is 0.450. The smallest absolute Gasteiger partial charge is 0.117 e. The number of nitriles is 1. The van der Waals surface area contributed by atoms with Gasteiger partial charge in [-0.15, -0.1) is 0 Å². The Bertz CT molecular complexity index is 410. The van der Waals surface area contributed by atoms with Gasteiger partial charge in [0.05, 0.1) is 11.3 Å². The van der Waals surface area contributed by atoms with E-state index in [1.165, 1.54) is 0 Å². The molecule has 0 aliphatic rings. The zero-order valence-corrected chi connectivity index (χ0v) is 7.86. The topological polar surface area (TPSA) is 49.8 Å². The highest BCUT2D eigenvalue weighted by Crippen LogP contribution is 2.27. The second-order valence-electron chi connectivity index (χ2n) is 2.97. The molecule has 0 aliphatic carbocycles. The van der Waals surface area contributed by atoms with Crippen LogP contribution in [0.25, 0.3) is 0 Å². The normalized spacial score (nSPS) is 10.0. The summed E-state index contributed by atoms with van der Waals surface area (Å²) in [6.45, 7) is -2.83. The molecule has 1 aromatic rings. The van der Waals surface area contributed by atoms with Gasteiger partial charge in [-0.05, 0) is 11.6 Å². The minimum Gasteiger partial charge on any atom is -0.397 e. The van der Waals surface area contributed by atoms with Gasteiger partial charge in [0.1, 0.15) is 26.1 Å². The predicted octanol–water partition coefficient (Wildman–Crippen LogP) is 2.55. The molecule has 0 heterocycles. The summed E-state index contributed by atoms with van der Waals surface area (Å²) in [4.78, 5) is 0. The first-order valence-corrected chi connectivity index (χ1v) is 4.20. The molecule has 0 spiro atoms. The summed E-state index contributed by atoms with van der Waals surface area (Å²) in [5.41, 5.74) is 5.10. The molecule has 80 valence electrons. The molecule has 1 aromatic carbocycles. The van der Waals surface area contributed by atoms with Gasteiger partial charge in [0, 0.05) is 11.1 Å². The van der Waals surface area contributed by atoms with E-state index in [9.17, 15) is 13.2 Å². The van der Waals surface area contributed by atoms with E-state index in [1.54, 1.807) is 6.07 Å². The standard InChI is InChI=1S/C10H9F3N2/c11-2-6-1-7(3-12)10(15)9(5-14)8(6)4-13/h1H,2-4,15H2. The van der Waals surface area contributed by atoms with Gasteiger partial charge in [0.2, 0.25) is 0 Å². The molecule has 0 aliphatic heterocycles. The highest BCUT2D eigenvalue weighted by atomic mass is 19.1. The summed E-state index contributed by atoms with van der Waals surface area (Å²) in [6.07, 6.45) is 0. The number of halogens is 3. The molecule has 1 rings (SSSR count). The van der Waals surface area contributed by atoms with Crippen LogP contribution in [0, 0.1) is 11.3 Å². The van der Waals surface area contributed by atoms with Crippen molar-refractivity contribution in [1.82, 2.24) is 0 Å². The van der Waals surface area contributed by atoms with Crippen molar-refractivity contribution in [3.63, 3.8) is 0 Å². The second kappa shape index (κ2) is 4.69. The van der Waals surface area contributed by atoms with E-state index in [-0.39, 0.29) is 27.9 Å². The Morgan fingerprint density at radius 2 is 1.73 bits per heavy atom. The van der Waals surface area contributed by atoms with Gasteiger partial charge in [0.25, 0.3) is 0 Å². The molecule has 0 aromatic heterocycles. The zero-order valence-electron chi connectivity index (χ0n) is 7.86. The Morgan fingerprint density at radius 1 is 1.13 bits per heavy atom. The van der Waals surface area contributed by atoms with Crippen molar-refractivity contribution in [2.45, 2.75) is 20.0 Å². The van der Waals surface area contributed by atoms with Crippen LogP contribution >= 0.6 is 0 Å². The molecule has 2 nitrogen and oxygen atoms in total. The second-order valence-corrected chi connectivity index (χ2v) is 2.97. The van der Waals surface area contributed by atoms with Gasteiger partial charge in [-0.25, -0.2) is 13.2 Å². The summed E-state index contributed by atoms with van der Waals surface area (Å²) in [5.74, 6) is 0. The Hall–Kier alpha value is -1.70. The first kappa shape index (κ1) is 11.4. The fourth-order valence-electron chi connectivity index (χ4n) is 1.37. The maximum absolute atomic E-state index is 12.6. The SMILES string of the molecule is N#Cc1c(N)c(CF)cc(CF)c1CF. The van der Waals surface area contributed by atoms with Crippen molar-refractivity contribution in [3.05, 3.63) is 28.3 Å². The van der Waals surface area contributed by atoms with Crippen LogP contribution in [0.5, 0.6) is 0 Å². The Balaban J connectivity index is 3.52. The van der Waals surface area contributed by atoms with Crippen molar-refractivity contribution < 1.29 is 13.2 Å². The third-order valence-electron chi connectivity index (χ3n) is 2.19. The number of nitrogens with zero attached hydrogens (tertiary/aromatic N) is 1. The molecule has 0 saturated carbocycles. The molecule has 5 heteroatoms. The maximum Gasteiger partial charge on any atom is 0.117 e. The average molecular weight is 214 g/mol. The van der Waals surface area contributed by atoms with Gasteiger partial charge < -0.3 is 5.73 Å². The number of rotatable bonds is 3. The molecule has 0 radical (unpaired) electrons. The van der Waals surface area contributed by atoms with Crippen LogP contribution in [0.2, 0.25) is 0 Å². The lowest BCUT2D eigenvalue weighted by atomic mass is 9.97. The minimum absolute atomic E-state index is 0.0177. The third-order valence-corrected chi connectivity index (χ3v) is 2.19. The molecular weight excluding hydrogens is 205 g/mol. The van der Waals surface area contributed by atoms with Crippen LogP contribution in [0.3, 0.4) is 0 Å². The third kappa shape index (κ3) is 1.89. The highest BCUT2D eigenvalue weighted by Gasteiger charge is 2.15. The molecule has 0 saturated heterocycles. The van der Waals surface area contributed by atoms with Gasteiger partial charge in [-0.3, -0.25) is 0 Å². The van der Waals surface area contributed by atoms with E-state index < -0.39 is 20.0 Å². The predicted molar refractivity (Wildman–Crippen MR) is 50.0 cm³/mol. The first-order valence-electron chi connectivity index (χ1n) is 4.20. The van der Waals surface area contributed by atoms with Gasteiger partial charge in [-0.1, -0.05) is 0 Å². The summed E-state index contributed by atoms with van der Waals surface area (Å²) >= 11 is 0. The van der Waals surface area contributed by atoms with Crippen LogP contribution in [-0.4, -0.2) is 0 Å². The number of nitrogen functional groups attached to an aromatic ring is 1. The van der Waals surface area contributed by atoms with E-state index >= 15 is 0 Å². The average Bonchev–Trinajstić information content (AvgIpc) is 2.28. The molecule has 0 amide bonds. The van der Waals surface area contributed by atoms with E-state index in [4.69, 9.17) is 11.0 Å². The van der Waals surface area contributed by atoms with Gasteiger partial charge in [0.15, 0.2) is 0 Å². The monoisotopic (exact) mass is 214 g/mol. The van der Waals surface area contributed by atoms with Crippen LogP contribution in [0.1, 0.15) is 22.3 Å². The molecule has 0 fully saturated rings. The summed E-state index contributed by atoms with van der Waals surface area (Å²) < 4.78 is 37.5. The molecule has 0 unspecified atom stereocenters. The molecular formula is C10H9F3N2. The molecule has 2 N–H and O–H groups in total. The Kier molecular flexibility index (Phi) is 3.56. The number of hydrogen-bond donors (Lipinski definition) is 1. The molecule has 0 atom stereocenters. The number of alkyl halides is 3. The van der Waals surface area contributed by atoms with Crippen molar-refractivity contribution in [3.8, 4) is 6.07 Å². The fraction of sp³-hybridized carbons (Fsp3) is 0.300. The summed E-state index contributed by atoms with van der Waals surface area (Å²) in [6, 6.07) is 2.82. The van der Waals surface area contributed by atoms with Crippen LogP contribution in [0.15, 0.2) is 6.07 Å². The van der Waals surface area contributed by atoms with Crippen molar-refractivity contribution in [2.75, 3.05) is 5.73 Å².